The fourth-order valence-corrected chi connectivity index (χ4v) is 3.37. The number of anilines is 1. The van der Waals surface area contributed by atoms with Crippen LogP contribution in [0.15, 0.2) is 36.4 Å². The summed E-state index contributed by atoms with van der Waals surface area (Å²) in [6, 6.07) is 12.0. The molecule has 0 saturated carbocycles. The Morgan fingerprint density at radius 1 is 1.22 bits per heavy atom. The molecular weight excluding hydrogens is 306 g/mol. The van der Waals surface area contributed by atoms with E-state index in [1.165, 1.54) is 16.9 Å². The number of rotatable bonds is 4. The standard InChI is InChI=1S/C18H19N3OS/c1-4-13-6-5-7-15-16(13)19-18(23-15)21-20-17(22)14-10-11(2)8-9-12(14)3/h5-10H,4H2,1-3H3,(H,19,21)(H,20,22). The highest BCUT2D eigenvalue weighted by molar-refractivity contribution is 7.22. The van der Waals surface area contributed by atoms with Crippen molar-refractivity contribution in [3.05, 3.63) is 58.7 Å². The van der Waals surface area contributed by atoms with E-state index in [0.29, 0.717) is 10.7 Å². The predicted octanol–water partition coefficient (Wildman–Crippen LogP) is 4.23. The highest BCUT2D eigenvalue weighted by atomic mass is 32.1. The number of nitrogens with one attached hydrogen (secondary N) is 2. The lowest BCUT2D eigenvalue weighted by Crippen LogP contribution is -2.29. The lowest BCUT2D eigenvalue weighted by atomic mass is 10.1. The van der Waals surface area contributed by atoms with Crippen LogP contribution in [-0.4, -0.2) is 10.9 Å². The van der Waals surface area contributed by atoms with E-state index in [4.69, 9.17) is 0 Å². The summed E-state index contributed by atoms with van der Waals surface area (Å²) in [5.74, 6) is -0.152. The van der Waals surface area contributed by atoms with Crippen LogP contribution in [0.5, 0.6) is 0 Å². The third-order valence-corrected chi connectivity index (χ3v) is 4.74. The van der Waals surface area contributed by atoms with Crippen LogP contribution in [-0.2, 0) is 6.42 Å². The Kier molecular flexibility index (Phi) is 4.30. The number of para-hydroxylation sites is 1. The first-order chi connectivity index (χ1) is 11.1. The molecule has 3 aromatic rings. The van der Waals surface area contributed by atoms with Crippen LogP contribution in [0.25, 0.3) is 10.2 Å². The molecular formula is C18H19N3OS. The average molecular weight is 325 g/mol. The molecule has 0 aliphatic carbocycles. The van der Waals surface area contributed by atoms with Gasteiger partial charge in [0.15, 0.2) is 0 Å². The zero-order valence-corrected chi connectivity index (χ0v) is 14.3. The lowest BCUT2D eigenvalue weighted by Gasteiger charge is -2.08. The minimum absolute atomic E-state index is 0.152. The SMILES string of the molecule is CCc1cccc2sc(NNC(=O)c3cc(C)ccc3C)nc12. The van der Waals surface area contributed by atoms with E-state index >= 15 is 0 Å². The molecule has 2 aromatic carbocycles. The van der Waals surface area contributed by atoms with Crippen LogP contribution in [0.2, 0.25) is 0 Å². The first kappa shape index (κ1) is 15.5. The summed E-state index contributed by atoms with van der Waals surface area (Å²) in [4.78, 5) is 16.9. The molecule has 2 N–H and O–H groups in total. The number of hydrazine groups is 1. The maximum absolute atomic E-state index is 12.3. The molecule has 0 bridgehead atoms. The number of hydrogen-bond acceptors (Lipinski definition) is 4. The third-order valence-electron chi connectivity index (χ3n) is 3.80. The van der Waals surface area contributed by atoms with Crippen molar-refractivity contribution < 1.29 is 4.79 Å². The highest BCUT2D eigenvalue weighted by Gasteiger charge is 2.11. The maximum atomic E-state index is 12.3. The maximum Gasteiger partial charge on any atom is 0.269 e. The van der Waals surface area contributed by atoms with Gasteiger partial charge in [0.2, 0.25) is 5.13 Å². The minimum atomic E-state index is -0.152. The molecule has 0 unspecified atom stereocenters. The fraction of sp³-hybridized carbons (Fsp3) is 0.222. The molecule has 1 heterocycles. The van der Waals surface area contributed by atoms with Crippen LogP contribution in [0.1, 0.15) is 34.0 Å². The van der Waals surface area contributed by atoms with Gasteiger partial charge < -0.3 is 0 Å². The van der Waals surface area contributed by atoms with E-state index in [9.17, 15) is 4.79 Å². The molecule has 4 nitrogen and oxygen atoms in total. The van der Waals surface area contributed by atoms with Crippen LogP contribution < -0.4 is 10.9 Å². The second-order valence-electron chi connectivity index (χ2n) is 5.53. The second kappa shape index (κ2) is 6.38. The topological polar surface area (TPSA) is 54.0 Å². The number of nitrogens with zero attached hydrogens (tertiary/aromatic N) is 1. The molecule has 0 spiro atoms. The second-order valence-corrected chi connectivity index (χ2v) is 6.56. The van der Waals surface area contributed by atoms with Crippen molar-refractivity contribution >= 4 is 32.6 Å². The highest BCUT2D eigenvalue weighted by Crippen LogP contribution is 2.28. The van der Waals surface area contributed by atoms with Gasteiger partial charge in [-0.3, -0.25) is 15.6 Å². The molecule has 0 aliphatic heterocycles. The number of amides is 1. The summed E-state index contributed by atoms with van der Waals surface area (Å²) in [5, 5.41) is 0.694. The van der Waals surface area contributed by atoms with Crippen molar-refractivity contribution in [3.8, 4) is 0 Å². The van der Waals surface area contributed by atoms with Gasteiger partial charge in [-0.2, -0.15) is 0 Å². The lowest BCUT2D eigenvalue weighted by molar-refractivity contribution is 0.0962. The number of aromatic nitrogens is 1. The summed E-state index contributed by atoms with van der Waals surface area (Å²) in [5.41, 5.74) is 10.6. The van der Waals surface area contributed by atoms with Gasteiger partial charge in [-0.15, -0.1) is 0 Å². The number of benzene rings is 2. The summed E-state index contributed by atoms with van der Waals surface area (Å²) in [7, 11) is 0. The van der Waals surface area contributed by atoms with E-state index < -0.39 is 0 Å². The first-order valence-corrected chi connectivity index (χ1v) is 8.42. The average Bonchev–Trinajstić information content (AvgIpc) is 2.97. The summed E-state index contributed by atoms with van der Waals surface area (Å²) >= 11 is 1.53. The Morgan fingerprint density at radius 3 is 2.83 bits per heavy atom. The number of carbonyl (C=O) groups is 1. The molecule has 23 heavy (non-hydrogen) atoms. The van der Waals surface area contributed by atoms with E-state index in [0.717, 1.165) is 27.8 Å². The summed E-state index contributed by atoms with van der Waals surface area (Å²) in [6.07, 6.45) is 0.940. The molecule has 1 amide bonds. The van der Waals surface area contributed by atoms with Gasteiger partial charge in [-0.05, 0) is 43.5 Å². The Morgan fingerprint density at radius 2 is 2.04 bits per heavy atom. The predicted molar refractivity (Wildman–Crippen MR) is 96.0 cm³/mol. The number of hydrogen-bond donors (Lipinski definition) is 2. The molecule has 0 aliphatic rings. The minimum Gasteiger partial charge on any atom is -0.273 e. The van der Waals surface area contributed by atoms with Crippen molar-refractivity contribution in [2.75, 3.05) is 5.43 Å². The van der Waals surface area contributed by atoms with Gasteiger partial charge in [-0.1, -0.05) is 48.1 Å². The van der Waals surface area contributed by atoms with Crippen molar-refractivity contribution in [2.24, 2.45) is 0 Å². The monoisotopic (exact) mass is 325 g/mol. The van der Waals surface area contributed by atoms with Crippen molar-refractivity contribution in [1.82, 2.24) is 10.4 Å². The third kappa shape index (κ3) is 3.19. The Hall–Kier alpha value is -2.40. The van der Waals surface area contributed by atoms with Crippen LogP contribution in [0, 0.1) is 13.8 Å². The van der Waals surface area contributed by atoms with Crippen LogP contribution in [0.3, 0.4) is 0 Å². The van der Waals surface area contributed by atoms with Gasteiger partial charge in [0.1, 0.15) is 0 Å². The van der Waals surface area contributed by atoms with Crippen LogP contribution >= 0.6 is 11.3 Å². The smallest absolute Gasteiger partial charge is 0.269 e. The summed E-state index contributed by atoms with van der Waals surface area (Å²) < 4.78 is 1.12. The molecule has 1 aromatic heterocycles. The van der Waals surface area contributed by atoms with Gasteiger partial charge in [0.25, 0.3) is 5.91 Å². The number of carbonyl (C=O) groups excluding carboxylic acids is 1. The van der Waals surface area contributed by atoms with Crippen molar-refractivity contribution in [2.45, 2.75) is 27.2 Å². The van der Waals surface area contributed by atoms with Crippen molar-refractivity contribution in [3.63, 3.8) is 0 Å². The Balaban J connectivity index is 1.78. The molecule has 0 atom stereocenters. The quantitative estimate of drug-likeness (QED) is 0.706. The normalized spacial score (nSPS) is 10.7. The summed E-state index contributed by atoms with van der Waals surface area (Å²) in [6.45, 7) is 6.02. The van der Waals surface area contributed by atoms with Crippen LogP contribution in [0.4, 0.5) is 5.13 Å². The molecule has 3 rings (SSSR count). The van der Waals surface area contributed by atoms with E-state index in [1.807, 2.05) is 44.2 Å². The largest absolute Gasteiger partial charge is 0.273 e. The number of aryl methyl sites for hydroxylation is 3. The fourth-order valence-electron chi connectivity index (χ4n) is 2.50. The van der Waals surface area contributed by atoms with Gasteiger partial charge in [-0.25, -0.2) is 4.98 Å². The van der Waals surface area contributed by atoms with Gasteiger partial charge >= 0.3 is 0 Å². The molecule has 5 heteroatoms. The number of thiazole rings is 1. The molecule has 0 radical (unpaired) electrons. The molecule has 0 saturated heterocycles. The first-order valence-electron chi connectivity index (χ1n) is 7.60. The van der Waals surface area contributed by atoms with E-state index in [2.05, 4.69) is 28.8 Å². The molecule has 118 valence electrons. The zero-order chi connectivity index (χ0) is 16.4. The van der Waals surface area contributed by atoms with Gasteiger partial charge in [0, 0.05) is 5.56 Å². The van der Waals surface area contributed by atoms with Gasteiger partial charge in [0.05, 0.1) is 10.2 Å². The number of fused-ring (bicyclic) bond motifs is 1. The van der Waals surface area contributed by atoms with E-state index in [-0.39, 0.29) is 5.91 Å². The van der Waals surface area contributed by atoms with E-state index in [1.54, 1.807) is 0 Å². The Bertz CT molecular complexity index is 870. The Labute approximate surface area is 139 Å². The zero-order valence-electron chi connectivity index (χ0n) is 13.4. The molecule has 0 fully saturated rings. The van der Waals surface area contributed by atoms with Crippen molar-refractivity contribution in [1.29, 1.82) is 0 Å².